The summed E-state index contributed by atoms with van der Waals surface area (Å²) in [4.78, 5) is 22.2. The van der Waals surface area contributed by atoms with E-state index in [-0.39, 0.29) is 12.1 Å². The Morgan fingerprint density at radius 1 is 1.60 bits per heavy atom. The number of aromatic nitrogens is 1. The highest BCUT2D eigenvalue weighted by Crippen LogP contribution is 2.06. The van der Waals surface area contributed by atoms with Crippen molar-refractivity contribution in [2.45, 2.75) is 26.0 Å². The van der Waals surface area contributed by atoms with Gasteiger partial charge in [-0.1, -0.05) is 6.07 Å². The maximum absolute atomic E-state index is 11.5. The monoisotopic (exact) mass is 211 g/mol. The Labute approximate surface area is 86.6 Å². The van der Waals surface area contributed by atoms with Gasteiger partial charge in [0.2, 0.25) is 0 Å². The van der Waals surface area contributed by atoms with Crippen LogP contribution in [0.1, 0.15) is 12.5 Å². The molecule has 0 bridgehead atoms. The van der Waals surface area contributed by atoms with Gasteiger partial charge in [0.25, 0.3) is 5.56 Å². The predicted octanol–water partition coefficient (Wildman–Crippen LogP) is -0.00768. The van der Waals surface area contributed by atoms with Crippen molar-refractivity contribution in [3.63, 3.8) is 0 Å². The zero-order chi connectivity index (χ0) is 11.6. The number of aliphatic hydroxyl groups is 1. The highest BCUT2D eigenvalue weighted by molar-refractivity contribution is 5.76. The lowest BCUT2D eigenvalue weighted by molar-refractivity contribution is -0.157. The van der Waals surface area contributed by atoms with Crippen LogP contribution in [0, 0.1) is 6.92 Å². The van der Waals surface area contributed by atoms with Crippen molar-refractivity contribution >= 4 is 5.97 Å². The Balaban J connectivity index is 3.06. The molecule has 5 nitrogen and oxygen atoms in total. The number of hydrogen-bond acceptors (Lipinski definition) is 3. The molecule has 0 radical (unpaired) electrons. The third-order valence-electron chi connectivity index (χ3n) is 2.15. The largest absolute Gasteiger partial charge is 0.479 e. The highest BCUT2D eigenvalue weighted by atomic mass is 16.4. The molecule has 0 amide bonds. The molecule has 0 spiro atoms. The van der Waals surface area contributed by atoms with Crippen molar-refractivity contribution in [3.8, 4) is 0 Å². The maximum Gasteiger partial charge on any atom is 0.337 e. The fourth-order valence-corrected chi connectivity index (χ4v) is 1.18. The van der Waals surface area contributed by atoms with Gasteiger partial charge < -0.3 is 14.8 Å². The molecule has 1 rings (SSSR count). The molecular weight excluding hydrogens is 198 g/mol. The van der Waals surface area contributed by atoms with Gasteiger partial charge in [-0.25, -0.2) is 4.79 Å². The van der Waals surface area contributed by atoms with Crippen molar-refractivity contribution in [1.29, 1.82) is 0 Å². The molecule has 1 atom stereocenters. The van der Waals surface area contributed by atoms with Gasteiger partial charge in [-0.2, -0.15) is 0 Å². The van der Waals surface area contributed by atoms with Crippen LogP contribution in [0.15, 0.2) is 23.1 Å². The third-order valence-corrected chi connectivity index (χ3v) is 2.15. The van der Waals surface area contributed by atoms with Gasteiger partial charge in [-0.15, -0.1) is 0 Å². The summed E-state index contributed by atoms with van der Waals surface area (Å²) in [7, 11) is 0. The summed E-state index contributed by atoms with van der Waals surface area (Å²) in [5.41, 5.74) is -1.71. The molecule has 2 N–H and O–H groups in total. The number of aryl methyl sites for hydroxylation is 1. The van der Waals surface area contributed by atoms with E-state index < -0.39 is 11.6 Å². The minimum atomic E-state index is -1.93. The van der Waals surface area contributed by atoms with Crippen LogP contribution in [0.4, 0.5) is 0 Å². The predicted molar refractivity (Wildman–Crippen MR) is 53.7 cm³/mol. The van der Waals surface area contributed by atoms with E-state index in [0.29, 0.717) is 5.56 Å². The van der Waals surface area contributed by atoms with E-state index in [2.05, 4.69) is 0 Å². The molecule has 15 heavy (non-hydrogen) atoms. The van der Waals surface area contributed by atoms with Crippen LogP contribution in [0.25, 0.3) is 0 Å². The van der Waals surface area contributed by atoms with Gasteiger partial charge in [0, 0.05) is 11.8 Å². The number of hydrogen-bond donors (Lipinski definition) is 2. The second kappa shape index (κ2) is 3.86. The number of pyridine rings is 1. The third kappa shape index (κ3) is 2.44. The van der Waals surface area contributed by atoms with Crippen LogP contribution in [0.2, 0.25) is 0 Å². The quantitative estimate of drug-likeness (QED) is 0.737. The number of carbonyl (C=O) groups is 1. The molecule has 1 unspecified atom stereocenters. The standard InChI is InChI=1S/C10H13NO4/c1-7-4-3-5-11(8(7)12)6-10(2,15)9(13)14/h3-5,15H,6H2,1-2H3,(H,13,14). The normalized spacial score (nSPS) is 14.6. The number of aliphatic carboxylic acids is 1. The molecule has 82 valence electrons. The molecule has 0 aliphatic rings. The molecule has 1 aromatic heterocycles. The minimum absolute atomic E-state index is 0.261. The van der Waals surface area contributed by atoms with E-state index in [4.69, 9.17) is 5.11 Å². The first-order valence-corrected chi connectivity index (χ1v) is 4.46. The van der Waals surface area contributed by atoms with E-state index in [1.807, 2.05) is 0 Å². The molecule has 0 saturated heterocycles. The number of carboxylic acids is 1. The number of rotatable bonds is 3. The molecule has 1 heterocycles. The van der Waals surface area contributed by atoms with Gasteiger partial charge >= 0.3 is 5.97 Å². The molecule has 1 aromatic rings. The summed E-state index contributed by atoms with van der Waals surface area (Å²) in [5.74, 6) is -1.35. The van der Waals surface area contributed by atoms with Gasteiger partial charge in [0.15, 0.2) is 5.60 Å². The Morgan fingerprint density at radius 2 is 2.20 bits per heavy atom. The Hall–Kier alpha value is -1.62. The van der Waals surface area contributed by atoms with E-state index in [9.17, 15) is 14.7 Å². The second-order valence-electron chi connectivity index (χ2n) is 3.70. The first kappa shape index (κ1) is 11.5. The van der Waals surface area contributed by atoms with Crippen molar-refractivity contribution in [3.05, 3.63) is 34.2 Å². The number of carboxylic acid groups (broad SMARTS) is 1. The van der Waals surface area contributed by atoms with Gasteiger partial charge in [-0.3, -0.25) is 4.79 Å². The topological polar surface area (TPSA) is 79.5 Å². The minimum Gasteiger partial charge on any atom is -0.479 e. The fraction of sp³-hybridized carbons (Fsp3) is 0.400. The number of nitrogens with zero attached hydrogens (tertiary/aromatic N) is 1. The molecule has 0 fully saturated rings. The molecule has 0 aliphatic heterocycles. The van der Waals surface area contributed by atoms with Crippen LogP contribution >= 0.6 is 0 Å². The average Bonchev–Trinajstić information content (AvgIpc) is 2.12. The first-order valence-electron chi connectivity index (χ1n) is 4.46. The van der Waals surface area contributed by atoms with Crippen LogP contribution in [-0.4, -0.2) is 26.4 Å². The summed E-state index contributed by atoms with van der Waals surface area (Å²) in [6.07, 6.45) is 1.45. The van der Waals surface area contributed by atoms with E-state index >= 15 is 0 Å². The lowest BCUT2D eigenvalue weighted by atomic mass is 10.1. The van der Waals surface area contributed by atoms with Crippen molar-refractivity contribution < 1.29 is 15.0 Å². The summed E-state index contributed by atoms with van der Waals surface area (Å²) in [5, 5.41) is 18.2. The molecular formula is C10H13NO4. The fourth-order valence-electron chi connectivity index (χ4n) is 1.18. The van der Waals surface area contributed by atoms with Crippen LogP contribution in [0.5, 0.6) is 0 Å². The molecule has 5 heteroatoms. The van der Waals surface area contributed by atoms with Gasteiger partial charge in [0.05, 0.1) is 6.54 Å². The van der Waals surface area contributed by atoms with Gasteiger partial charge in [0.1, 0.15) is 0 Å². The zero-order valence-corrected chi connectivity index (χ0v) is 8.60. The smallest absolute Gasteiger partial charge is 0.337 e. The summed E-state index contributed by atoms with van der Waals surface area (Å²) >= 11 is 0. The average molecular weight is 211 g/mol. The summed E-state index contributed by atoms with van der Waals surface area (Å²) in [6.45, 7) is 2.53. The van der Waals surface area contributed by atoms with Crippen LogP contribution in [0.3, 0.4) is 0 Å². The molecule has 0 aliphatic carbocycles. The van der Waals surface area contributed by atoms with E-state index in [1.54, 1.807) is 19.1 Å². The Kier molecular flexibility index (Phi) is 2.95. The summed E-state index contributed by atoms with van der Waals surface area (Å²) < 4.78 is 1.18. The van der Waals surface area contributed by atoms with Gasteiger partial charge in [-0.05, 0) is 19.9 Å². The second-order valence-corrected chi connectivity index (χ2v) is 3.70. The van der Waals surface area contributed by atoms with E-state index in [0.717, 1.165) is 6.92 Å². The Morgan fingerprint density at radius 3 is 2.73 bits per heavy atom. The van der Waals surface area contributed by atoms with Crippen molar-refractivity contribution in [1.82, 2.24) is 4.57 Å². The van der Waals surface area contributed by atoms with E-state index in [1.165, 1.54) is 10.8 Å². The maximum atomic E-state index is 11.5. The van der Waals surface area contributed by atoms with Crippen molar-refractivity contribution in [2.75, 3.05) is 0 Å². The molecule has 0 aromatic carbocycles. The summed E-state index contributed by atoms with van der Waals surface area (Å²) in [6, 6.07) is 3.27. The molecule has 0 saturated carbocycles. The Bertz CT molecular complexity index is 433. The lowest BCUT2D eigenvalue weighted by Gasteiger charge is -2.19. The zero-order valence-electron chi connectivity index (χ0n) is 8.60. The first-order chi connectivity index (χ1) is 6.84. The highest BCUT2D eigenvalue weighted by Gasteiger charge is 2.30. The van der Waals surface area contributed by atoms with Crippen molar-refractivity contribution in [2.24, 2.45) is 0 Å². The SMILES string of the molecule is Cc1cccn(CC(C)(O)C(=O)O)c1=O. The van der Waals surface area contributed by atoms with Crippen LogP contribution in [-0.2, 0) is 11.3 Å². The lowest BCUT2D eigenvalue weighted by Crippen LogP contribution is -2.42. The van der Waals surface area contributed by atoms with Crippen LogP contribution < -0.4 is 5.56 Å².